The maximum absolute atomic E-state index is 10.3. The number of carbonyl (C=O) groups is 2. The normalized spacial score (nSPS) is 14.8. The third kappa shape index (κ3) is 6.32. The molecule has 0 bridgehead atoms. The molecule has 0 saturated heterocycles. The van der Waals surface area contributed by atoms with E-state index in [1.807, 2.05) is 60.7 Å². The zero-order valence-electron chi connectivity index (χ0n) is 25.9. The Morgan fingerprint density at radius 2 is 0.938 bits per heavy atom. The zero-order valence-corrected chi connectivity index (χ0v) is 25.9. The van der Waals surface area contributed by atoms with Crippen LogP contribution in [0.4, 0.5) is 0 Å². The van der Waals surface area contributed by atoms with Crippen molar-refractivity contribution in [2.45, 2.75) is 52.7 Å². The third-order valence-electron chi connectivity index (χ3n) is 8.44. The van der Waals surface area contributed by atoms with E-state index >= 15 is 0 Å². The van der Waals surface area contributed by atoms with Crippen molar-refractivity contribution in [1.82, 2.24) is 0 Å². The molecule has 48 heavy (non-hydrogen) atoms. The van der Waals surface area contributed by atoms with Crippen LogP contribution in [-0.2, 0) is 71.8 Å². The van der Waals surface area contributed by atoms with Gasteiger partial charge in [0.25, 0.3) is 12.9 Å². The molecule has 0 fully saturated rings. The number of nitrogens with zero attached hydrogens (tertiary/aromatic N) is 2. The summed E-state index contributed by atoms with van der Waals surface area (Å²) in [6.45, 7) is 4.27. The number of amidine groups is 2. The molecule has 244 valence electrons. The number of rotatable bonds is 6. The molecule has 0 aromatic heterocycles. The van der Waals surface area contributed by atoms with Crippen LogP contribution in [0.25, 0.3) is 0 Å². The molecule has 4 aromatic rings. The number of benzene rings is 4. The van der Waals surface area contributed by atoms with E-state index in [2.05, 4.69) is 9.98 Å². The molecule has 0 spiro atoms. The maximum atomic E-state index is 10.3. The first-order valence-corrected chi connectivity index (χ1v) is 15.3. The van der Waals surface area contributed by atoms with E-state index in [1.54, 1.807) is 0 Å². The minimum Gasteiger partial charge on any atom is -0.485 e. The third-order valence-corrected chi connectivity index (χ3v) is 8.44. The maximum Gasteiger partial charge on any atom is 0.293 e. The van der Waals surface area contributed by atoms with Gasteiger partial charge in [-0.2, -0.15) is 0 Å². The summed E-state index contributed by atoms with van der Waals surface area (Å²) in [4.78, 5) is 29.2. The largest absolute Gasteiger partial charge is 0.485 e. The molecule has 4 N–H and O–H groups in total. The van der Waals surface area contributed by atoms with E-state index in [0.29, 0.717) is 87.1 Å². The van der Waals surface area contributed by atoms with Crippen LogP contribution in [-0.4, -0.2) is 24.6 Å². The monoisotopic (exact) mass is 648 g/mol. The van der Waals surface area contributed by atoms with Gasteiger partial charge in [0.2, 0.25) is 0 Å². The molecule has 4 aliphatic rings. The summed E-state index contributed by atoms with van der Waals surface area (Å²) < 4.78 is 33.4. The summed E-state index contributed by atoms with van der Waals surface area (Å²) >= 11 is 0. The van der Waals surface area contributed by atoms with Gasteiger partial charge in [-0.3, -0.25) is 19.6 Å². The fourth-order valence-electron chi connectivity index (χ4n) is 5.88. The van der Waals surface area contributed by atoms with Crippen molar-refractivity contribution in [1.29, 1.82) is 0 Å². The average molecular weight is 649 g/mol. The summed E-state index contributed by atoms with van der Waals surface area (Å²) in [5.41, 5.74) is 21.7. The van der Waals surface area contributed by atoms with Gasteiger partial charge in [-0.25, -0.2) is 0 Å². The van der Waals surface area contributed by atoms with Crippen LogP contribution in [0.1, 0.15) is 55.6 Å². The fraction of sp³-hybridized carbons (Fsp3) is 0.222. The second-order valence-corrected chi connectivity index (χ2v) is 11.5. The lowest BCUT2D eigenvalue weighted by Crippen LogP contribution is -2.13. The Balaban J connectivity index is 0.000000152. The standard InChI is InChI=1S/2C18H16N2O4/c19-18-15-5-17-16(4-13(15)6-20-18)24-9-14-3-11(7-22-10-21)1-2-12(14)8-23-17;19-18-15-5-17-16(4-13(15)6-20-18)23-8-12-2-1-11(7-22-10-21)3-14(12)9-24-17/h2*1-5,10H,6-9H2,(H2,19,20). The van der Waals surface area contributed by atoms with Crippen LogP contribution >= 0.6 is 0 Å². The van der Waals surface area contributed by atoms with Crippen LogP contribution in [0.15, 0.2) is 70.6 Å². The topological polar surface area (TPSA) is 166 Å². The second kappa shape index (κ2) is 13.4. The van der Waals surface area contributed by atoms with Crippen LogP contribution in [0.2, 0.25) is 0 Å². The molecule has 0 amide bonds. The lowest BCUT2D eigenvalue weighted by molar-refractivity contribution is -0.130. The molecule has 0 saturated carbocycles. The van der Waals surface area contributed by atoms with Crippen LogP contribution in [0, 0.1) is 0 Å². The van der Waals surface area contributed by atoms with Crippen molar-refractivity contribution in [3.63, 3.8) is 0 Å². The van der Waals surface area contributed by atoms with E-state index in [9.17, 15) is 9.59 Å². The molecular formula is C36H32N4O8. The molecule has 0 radical (unpaired) electrons. The highest BCUT2D eigenvalue weighted by atomic mass is 16.5. The molecule has 4 heterocycles. The Morgan fingerprint density at radius 1 is 0.542 bits per heavy atom. The number of fused-ring (bicyclic) bond motifs is 6. The zero-order chi connectivity index (χ0) is 33.0. The lowest BCUT2D eigenvalue weighted by atomic mass is 10.0. The van der Waals surface area contributed by atoms with Crippen molar-refractivity contribution in [2.75, 3.05) is 0 Å². The molecule has 0 atom stereocenters. The molecular weight excluding hydrogens is 616 g/mol. The van der Waals surface area contributed by atoms with Gasteiger partial charge >= 0.3 is 0 Å². The Kier molecular flexibility index (Phi) is 8.52. The van der Waals surface area contributed by atoms with Crippen LogP contribution in [0.3, 0.4) is 0 Å². The van der Waals surface area contributed by atoms with Gasteiger partial charge in [0, 0.05) is 11.1 Å². The van der Waals surface area contributed by atoms with Gasteiger partial charge in [-0.05, 0) is 80.9 Å². The van der Waals surface area contributed by atoms with Gasteiger partial charge in [-0.15, -0.1) is 0 Å². The van der Waals surface area contributed by atoms with Crippen LogP contribution in [0.5, 0.6) is 23.0 Å². The van der Waals surface area contributed by atoms with E-state index in [0.717, 1.165) is 55.6 Å². The predicted octanol–water partition coefficient (Wildman–Crippen LogP) is 4.10. The minimum atomic E-state index is 0.245. The van der Waals surface area contributed by atoms with E-state index in [1.165, 1.54) is 0 Å². The van der Waals surface area contributed by atoms with Gasteiger partial charge in [0.05, 0.1) is 13.1 Å². The highest BCUT2D eigenvalue weighted by Gasteiger charge is 2.22. The Morgan fingerprint density at radius 3 is 1.35 bits per heavy atom. The summed E-state index contributed by atoms with van der Waals surface area (Å²) in [7, 11) is 0. The summed E-state index contributed by atoms with van der Waals surface area (Å²) in [5.74, 6) is 3.81. The summed E-state index contributed by atoms with van der Waals surface area (Å²) in [5, 5.41) is 0. The SMILES string of the molecule is NC1=NCc2cc3c(cc21)OCc1cc(COC=O)ccc1CO3.NC1=NCc2cc3c(cc21)OCc1ccc(COC=O)cc1CO3. The highest BCUT2D eigenvalue weighted by molar-refractivity contribution is 6.02. The van der Waals surface area contributed by atoms with Crippen molar-refractivity contribution in [3.8, 4) is 23.0 Å². The Labute approximate surface area is 275 Å². The van der Waals surface area contributed by atoms with Crippen molar-refractivity contribution in [2.24, 2.45) is 21.5 Å². The first-order valence-electron chi connectivity index (χ1n) is 15.3. The molecule has 4 aromatic carbocycles. The first-order chi connectivity index (χ1) is 23.5. The van der Waals surface area contributed by atoms with Crippen molar-refractivity contribution < 1.29 is 38.0 Å². The minimum absolute atomic E-state index is 0.245. The average Bonchev–Trinajstić information content (AvgIpc) is 3.64. The molecule has 8 rings (SSSR count). The Bertz CT molecular complexity index is 1970. The number of hydrogen-bond donors (Lipinski definition) is 2. The number of nitrogens with two attached hydrogens (primary N) is 2. The van der Waals surface area contributed by atoms with Gasteiger partial charge in [0.15, 0.2) is 23.0 Å². The van der Waals surface area contributed by atoms with Crippen molar-refractivity contribution in [3.05, 3.63) is 116 Å². The van der Waals surface area contributed by atoms with Crippen molar-refractivity contribution >= 4 is 24.6 Å². The molecule has 12 heteroatoms. The van der Waals surface area contributed by atoms with E-state index < -0.39 is 0 Å². The van der Waals surface area contributed by atoms with Gasteiger partial charge in [-0.1, -0.05) is 24.3 Å². The second-order valence-electron chi connectivity index (χ2n) is 11.5. The highest BCUT2D eigenvalue weighted by Crippen LogP contribution is 2.37. The lowest BCUT2D eigenvalue weighted by Gasteiger charge is -2.20. The number of ether oxygens (including phenoxy) is 6. The predicted molar refractivity (Wildman–Crippen MR) is 174 cm³/mol. The molecule has 0 unspecified atom stereocenters. The summed E-state index contributed by atoms with van der Waals surface area (Å²) in [6.07, 6.45) is 0. The number of carbonyl (C=O) groups excluding carboxylic acids is 2. The summed E-state index contributed by atoms with van der Waals surface area (Å²) in [6, 6.07) is 19.4. The number of hydrogen-bond acceptors (Lipinski definition) is 12. The molecule has 12 nitrogen and oxygen atoms in total. The number of aliphatic imine (C=N–C) groups is 2. The van der Waals surface area contributed by atoms with E-state index in [-0.39, 0.29) is 13.2 Å². The molecule has 0 aliphatic carbocycles. The van der Waals surface area contributed by atoms with Crippen LogP contribution < -0.4 is 30.4 Å². The molecule has 4 aliphatic heterocycles. The first kappa shape index (κ1) is 30.6. The van der Waals surface area contributed by atoms with Gasteiger partial charge in [0.1, 0.15) is 51.3 Å². The fourth-order valence-corrected chi connectivity index (χ4v) is 5.88. The van der Waals surface area contributed by atoms with E-state index in [4.69, 9.17) is 39.9 Å². The Hall–Kier alpha value is -6.04. The van der Waals surface area contributed by atoms with Gasteiger partial charge < -0.3 is 39.9 Å². The smallest absolute Gasteiger partial charge is 0.293 e. The quantitative estimate of drug-likeness (QED) is 0.291.